The number of rotatable bonds is 2. The van der Waals surface area contributed by atoms with Gasteiger partial charge in [0, 0.05) is 23.5 Å². The first-order valence-corrected chi connectivity index (χ1v) is 7.33. The van der Waals surface area contributed by atoms with E-state index in [0.29, 0.717) is 5.70 Å². The highest BCUT2D eigenvalue weighted by molar-refractivity contribution is 9.09. The molecular formula is C13H11BrN4S. The summed E-state index contributed by atoms with van der Waals surface area (Å²) in [4.78, 5) is 8.67. The molecule has 0 saturated carbocycles. The van der Waals surface area contributed by atoms with Crippen molar-refractivity contribution in [2.75, 3.05) is 0 Å². The minimum Gasteiger partial charge on any atom is -0.399 e. The lowest BCUT2D eigenvalue weighted by Gasteiger charge is -2.29. The van der Waals surface area contributed by atoms with Crippen molar-refractivity contribution in [3.63, 3.8) is 0 Å². The van der Waals surface area contributed by atoms with E-state index in [9.17, 15) is 0 Å². The number of nitrogens with one attached hydrogen (secondary N) is 1. The lowest BCUT2D eigenvalue weighted by atomic mass is 10.1. The predicted octanol–water partition coefficient (Wildman–Crippen LogP) is 2.57. The van der Waals surface area contributed by atoms with E-state index in [-0.39, 0.29) is 0 Å². The van der Waals surface area contributed by atoms with Crippen molar-refractivity contribution in [1.82, 2.24) is 15.3 Å². The van der Waals surface area contributed by atoms with Crippen LogP contribution in [0.4, 0.5) is 0 Å². The van der Waals surface area contributed by atoms with Crippen molar-refractivity contribution in [2.45, 2.75) is 4.45 Å². The SMILES string of the molecule is NC1=CC(Br)(c2nccs2)NC(c2ccccn2)=C1. The highest BCUT2D eigenvalue weighted by atomic mass is 79.9. The van der Waals surface area contributed by atoms with Crippen LogP contribution in [0.2, 0.25) is 0 Å². The number of halogens is 1. The molecule has 2 aromatic heterocycles. The van der Waals surface area contributed by atoms with Crippen LogP contribution in [0.3, 0.4) is 0 Å². The van der Waals surface area contributed by atoms with Gasteiger partial charge < -0.3 is 11.1 Å². The van der Waals surface area contributed by atoms with Crippen molar-refractivity contribution >= 4 is 33.0 Å². The fourth-order valence-electron chi connectivity index (χ4n) is 1.88. The Morgan fingerprint density at radius 1 is 1.26 bits per heavy atom. The summed E-state index contributed by atoms with van der Waals surface area (Å²) >= 11 is 5.23. The molecule has 0 saturated heterocycles. The zero-order valence-electron chi connectivity index (χ0n) is 9.88. The van der Waals surface area contributed by atoms with Crippen LogP contribution in [-0.4, -0.2) is 9.97 Å². The second-order valence-corrected chi connectivity index (χ2v) is 6.24. The molecule has 0 aliphatic carbocycles. The van der Waals surface area contributed by atoms with Crippen molar-refractivity contribution in [1.29, 1.82) is 0 Å². The van der Waals surface area contributed by atoms with Crippen LogP contribution < -0.4 is 11.1 Å². The van der Waals surface area contributed by atoms with Gasteiger partial charge in [-0.25, -0.2) is 4.98 Å². The van der Waals surface area contributed by atoms with Gasteiger partial charge in [-0.2, -0.15) is 0 Å². The highest BCUT2D eigenvalue weighted by Gasteiger charge is 2.33. The summed E-state index contributed by atoms with van der Waals surface area (Å²) in [6, 6.07) is 5.76. The van der Waals surface area contributed by atoms with E-state index >= 15 is 0 Å². The Morgan fingerprint density at radius 3 is 2.84 bits per heavy atom. The monoisotopic (exact) mass is 334 g/mol. The van der Waals surface area contributed by atoms with Crippen LogP contribution in [0.15, 0.2) is 53.8 Å². The van der Waals surface area contributed by atoms with E-state index in [2.05, 4.69) is 31.2 Å². The average molecular weight is 335 g/mol. The first kappa shape index (κ1) is 12.4. The lowest BCUT2D eigenvalue weighted by molar-refractivity contribution is 0.695. The third-order valence-electron chi connectivity index (χ3n) is 2.68. The third kappa shape index (κ3) is 2.41. The molecule has 0 bridgehead atoms. The third-order valence-corrected chi connectivity index (χ3v) is 4.65. The smallest absolute Gasteiger partial charge is 0.166 e. The molecule has 3 N–H and O–H groups in total. The number of hydrogen-bond acceptors (Lipinski definition) is 5. The average Bonchev–Trinajstić information content (AvgIpc) is 2.93. The van der Waals surface area contributed by atoms with Crippen LogP contribution in [0.25, 0.3) is 5.70 Å². The highest BCUT2D eigenvalue weighted by Crippen LogP contribution is 2.37. The number of alkyl halides is 1. The maximum atomic E-state index is 6.01. The van der Waals surface area contributed by atoms with Gasteiger partial charge in [-0.3, -0.25) is 4.98 Å². The van der Waals surface area contributed by atoms with E-state index in [1.54, 1.807) is 23.7 Å². The van der Waals surface area contributed by atoms with Crippen molar-refractivity contribution < 1.29 is 0 Å². The second-order valence-electron chi connectivity index (χ2n) is 4.09. The molecule has 2 aromatic rings. The van der Waals surface area contributed by atoms with E-state index in [1.807, 2.05) is 35.7 Å². The number of nitrogens with two attached hydrogens (primary N) is 1. The van der Waals surface area contributed by atoms with Gasteiger partial charge in [-0.1, -0.05) is 6.07 Å². The fourth-order valence-corrected chi connectivity index (χ4v) is 3.40. The molecule has 0 spiro atoms. The molecule has 1 aliphatic rings. The fraction of sp³-hybridized carbons (Fsp3) is 0.0769. The predicted molar refractivity (Wildman–Crippen MR) is 80.3 cm³/mol. The standard InChI is InChI=1S/C13H11BrN4S/c14-13(12-17-5-6-19-12)8-9(15)7-11(18-13)10-3-1-2-4-16-10/h1-8,18H,15H2. The number of hydrogen-bond donors (Lipinski definition) is 2. The van der Waals surface area contributed by atoms with Gasteiger partial charge >= 0.3 is 0 Å². The van der Waals surface area contributed by atoms with Crippen LogP contribution in [0.5, 0.6) is 0 Å². The molecule has 3 rings (SSSR count). The van der Waals surface area contributed by atoms with E-state index < -0.39 is 4.45 Å². The van der Waals surface area contributed by atoms with Gasteiger partial charge in [0.25, 0.3) is 0 Å². The summed E-state index contributed by atoms with van der Waals surface area (Å²) in [5.41, 5.74) is 8.40. The van der Waals surface area contributed by atoms with Gasteiger partial charge in [0.2, 0.25) is 0 Å². The van der Waals surface area contributed by atoms with E-state index in [1.165, 1.54) is 0 Å². The van der Waals surface area contributed by atoms with Crippen LogP contribution in [0.1, 0.15) is 10.7 Å². The summed E-state index contributed by atoms with van der Waals surface area (Å²) < 4.78 is -0.577. The molecule has 6 heteroatoms. The molecule has 4 nitrogen and oxygen atoms in total. The number of aromatic nitrogens is 2. The molecule has 0 fully saturated rings. The van der Waals surface area contributed by atoms with Gasteiger partial charge in [0.1, 0.15) is 5.01 Å². The summed E-state index contributed by atoms with van der Waals surface area (Å²) in [6.45, 7) is 0. The molecule has 3 heterocycles. The van der Waals surface area contributed by atoms with Crippen LogP contribution >= 0.6 is 27.3 Å². The first-order chi connectivity index (χ1) is 9.17. The molecule has 1 unspecified atom stereocenters. The second kappa shape index (κ2) is 4.79. The van der Waals surface area contributed by atoms with Gasteiger partial charge in [-0.15, -0.1) is 11.3 Å². The minimum atomic E-state index is -0.577. The van der Waals surface area contributed by atoms with Crippen LogP contribution in [-0.2, 0) is 4.45 Å². The summed E-state index contributed by atoms with van der Waals surface area (Å²) in [5.74, 6) is 0. The Balaban J connectivity index is 2.01. The van der Waals surface area contributed by atoms with E-state index in [4.69, 9.17) is 5.73 Å². The molecule has 19 heavy (non-hydrogen) atoms. The Bertz CT molecular complexity index is 636. The minimum absolute atomic E-state index is 0.577. The quantitative estimate of drug-likeness (QED) is 0.654. The Kier molecular flexibility index (Phi) is 3.12. The number of thiazole rings is 1. The van der Waals surface area contributed by atoms with Crippen molar-refractivity contribution in [2.24, 2.45) is 5.73 Å². The molecule has 1 atom stereocenters. The number of nitrogens with zero attached hydrogens (tertiary/aromatic N) is 2. The molecule has 0 radical (unpaired) electrons. The molecular weight excluding hydrogens is 324 g/mol. The Morgan fingerprint density at radius 2 is 2.16 bits per heavy atom. The topological polar surface area (TPSA) is 63.8 Å². The van der Waals surface area contributed by atoms with Crippen LogP contribution in [0, 0.1) is 0 Å². The molecule has 1 aliphatic heterocycles. The molecule has 96 valence electrons. The molecule has 0 amide bonds. The number of allylic oxidation sites excluding steroid dienone is 1. The van der Waals surface area contributed by atoms with Gasteiger partial charge in [0.05, 0.1) is 11.4 Å². The van der Waals surface area contributed by atoms with Gasteiger partial charge in [-0.05, 0) is 40.2 Å². The van der Waals surface area contributed by atoms with Crippen molar-refractivity contribution in [3.05, 3.63) is 64.5 Å². The summed E-state index contributed by atoms with van der Waals surface area (Å²) in [5, 5.41) is 6.22. The van der Waals surface area contributed by atoms with Crippen molar-refractivity contribution in [3.8, 4) is 0 Å². The summed E-state index contributed by atoms with van der Waals surface area (Å²) in [6.07, 6.45) is 7.30. The first-order valence-electron chi connectivity index (χ1n) is 5.66. The Labute approximate surface area is 123 Å². The largest absolute Gasteiger partial charge is 0.399 e. The lowest BCUT2D eigenvalue weighted by Crippen LogP contribution is -2.37. The van der Waals surface area contributed by atoms with E-state index in [0.717, 1.165) is 16.4 Å². The maximum absolute atomic E-state index is 6.01. The zero-order valence-corrected chi connectivity index (χ0v) is 12.3. The number of dihydropyridines is 1. The Hall–Kier alpha value is -1.66. The number of pyridine rings is 1. The maximum Gasteiger partial charge on any atom is 0.166 e. The zero-order chi connectivity index (χ0) is 13.3. The molecule has 0 aromatic carbocycles. The summed E-state index contributed by atoms with van der Waals surface area (Å²) in [7, 11) is 0. The normalized spacial score (nSPS) is 22.4. The van der Waals surface area contributed by atoms with Gasteiger partial charge in [0.15, 0.2) is 4.45 Å².